The molecule has 0 aromatic heterocycles. The van der Waals surface area contributed by atoms with Gasteiger partial charge in [0.05, 0.1) is 4.32 Å². The molecule has 118 valence electrons. The van der Waals surface area contributed by atoms with Gasteiger partial charge in [-0.2, -0.15) is 0 Å². The average Bonchev–Trinajstić information content (AvgIpc) is 2.44. The van der Waals surface area contributed by atoms with E-state index in [-0.39, 0.29) is 5.91 Å². The Bertz CT molecular complexity index is 437. The smallest absolute Gasteiger partial charge is 0.240 e. The lowest BCUT2D eigenvalue weighted by atomic mass is 10.2. The maximum absolute atomic E-state index is 11.8. The topological polar surface area (TPSA) is 41.6 Å². The second-order valence-corrected chi connectivity index (χ2v) is 7.31. The van der Waals surface area contributed by atoms with Crippen LogP contribution in [-0.2, 0) is 4.79 Å². The van der Waals surface area contributed by atoms with Crippen LogP contribution in [0.1, 0.15) is 27.7 Å². The summed E-state index contributed by atoms with van der Waals surface area (Å²) in [5.74, 6) is 0.746. The molecular formula is C16H25BrN2O2. The van der Waals surface area contributed by atoms with Gasteiger partial charge in [0.15, 0.2) is 0 Å². The van der Waals surface area contributed by atoms with E-state index in [1.807, 2.05) is 38.1 Å². The summed E-state index contributed by atoms with van der Waals surface area (Å²) < 4.78 is 5.13. The van der Waals surface area contributed by atoms with Crippen molar-refractivity contribution >= 4 is 27.5 Å². The van der Waals surface area contributed by atoms with Gasteiger partial charge in [0, 0.05) is 12.2 Å². The summed E-state index contributed by atoms with van der Waals surface area (Å²) in [6.45, 7) is 11.6. The van der Waals surface area contributed by atoms with E-state index in [2.05, 4.69) is 40.0 Å². The molecule has 1 rings (SSSR count). The Labute approximate surface area is 136 Å². The molecule has 0 heterocycles. The lowest BCUT2D eigenvalue weighted by Gasteiger charge is -2.18. The van der Waals surface area contributed by atoms with Crippen LogP contribution in [0.5, 0.6) is 5.75 Å². The largest absolute Gasteiger partial charge is 0.492 e. The van der Waals surface area contributed by atoms with Gasteiger partial charge < -0.3 is 15.0 Å². The summed E-state index contributed by atoms with van der Waals surface area (Å²) in [7, 11) is 0. The van der Waals surface area contributed by atoms with Crippen molar-refractivity contribution < 1.29 is 9.53 Å². The number of benzene rings is 1. The standard InChI is InChI=1S/C16H25BrN2O2/c1-5-19(6-2)11-12-21-14-9-7-13(8-10-14)18-15(20)16(3,4)17/h7-10H,5-6,11-12H2,1-4H3,(H,18,20). The zero-order chi connectivity index (χ0) is 15.9. The highest BCUT2D eigenvalue weighted by Crippen LogP contribution is 2.20. The van der Waals surface area contributed by atoms with E-state index in [1.165, 1.54) is 0 Å². The number of ether oxygens (including phenoxy) is 1. The number of nitrogens with one attached hydrogen (secondary N) is 1. The SMILES string of the molecule is CCN(CC)CCOc1ccc(NC(=O)C(C)(C)Br)cc1. The maximum atomic E-state index is 11.8. The van der Waals surface area contributed by atoms with Gasteiger partial charge in [-0.1, -0.05) is 29.8 Å². The molecule has 0 fully saturated rings. The number of hydrogen-bond acceptors (Lipinski definition) is 3. The van der Waals surface area contributed by atoms with Gasteiger partial charge in [0.1, 0.15) is 12.4 Å². The van der Waals surface area contributed by atoms with Gasteiger partial charge in [-0.3, -0.25) is 4.79 Å². The van der Waals surface area contributed by atoms with Crippen molar-refractivity contribution in [2.75, 3.05) is 31.6 Å². The molecule has 0 spiro atoms. The van der Waals surface area contributed by atoms with Crippen molar-refractivity contribution in [2.45, 2.75) is 32.0 Å². The van der Waals surface area contributed by atoms with E-state index >= 15 is 0 Å². The second-order valence-electron chi connectivity index (χ2n) is 5.33. The van der Waals surface area contributed by atoms with Crippen LogP contribution in [0.4, 0.5) is 5.69 Å². The van der Waals surface area contributed by atoms with Gasteiger partial charge in [-0.25, -0.2) is 0 Å². The lowest BCUT2D eigenvalue weighted by molar-refractivity contribution is -0.117. The van der Waals surface area contributed by atoms with E-state index < -0.39 is 4.32 Å². The molecule has 0 saturated carbocycles. The molecule has 0 atom stereocenters. The van der Waals surface area contributed by atoms with Crippen LogP contribution in [-0.4, -0.2) is 41.4 Å². The molecule has 1 N–H and O–H groups in total. The van der Waals surface area contributed by atoms with Crippen LogP contribution in [0.3, 0.4) is 0 Å². The first-order chi connectivity index (χ1) is 9.86. The Balaban J connectivity index is 2.45. The summed E-state index contributed by atoms with van der Waals surface area (Å²) in [6, 6.07) is 7.45. The number of nitrogens with zero attached hydrogens (tertiary/aromatic N) is 1. The summed E-state index contributed by atoms with van der Waals surface area (Å²) >= 11 is 3.34. The lowest BCUT2D eigenvalue weighted by Crippen LogP contribution is -2.30. The molecule has 1 amide bonds. The number of halogens is 1. The minimum Gasteiger partial charge on any atom is -0.492 e. The summed E-state index contributed by atoms with van der Waals surface area (Å²) in [5, 5.41) is 2.85. The molecule has 0 unspecified atom stereocenters. The Morgan fingerprint density at radius 1 is 1.24 bits per heavy atom. The fraction of sp³-hybridized carbons (Fsp3) is 0.562. The molecule has 0 aliphatic heterocycles. The minimum atomic E-state index is -0.577. The fourth-order valence-electron chi connectivity index (χ4n) is 1.75. The van der Waals surface area contributed by atoms with E-state index in [9.17, 15) is 4.79 Å². The molecule has 1 aromatic rings. The van der Waals surface area contributed by atoms with E-state index in [4.69, 9.17) is 4.74 Å². The predicted molar refractivity (Wildman–Crippen MR) is 91.4 cm³/mol. The molecule has 0 aliphatic rings. The number of likely N-dealkylation sites (N-methyl/N-ethyl adjacent to an activating group) is 1. The number of anilines is 1. The molecule has 5 heteroatoms. The Morgan fingerprint density at radius 2 is 1.81 bits per heavy atom. The van der Waals surface area contributed by atoms with Crippen molar-refractivity contribution in [3.8, 4) is 5.75 Å². The van der Waals surface area contributed by atoms with Gasteiger partial charge in [0.25, 0.3) is 0 Å². The molecule has 0 saturated heterocycles. The van der Waals surface area contributed by atoms with Crippen molar-refractivity contribution in [3.05, 3.63) is 24.3 Å². The van der Waals surface area contributed by atoms with Crippen LogP contribution < -0.4 is 10.1 Å². The minimum absolute atomic E-state index is 0.0716. The van der Waals surface area contributed by atoms with Crippen LogP contribution in [0.25, 0.3) is 0 Å². The number of alkyl halides is 1. The summed E-state index contributed by atoms with van der Waals surface area (Å²) in [5.41, 5.74) is 0.767. The second kappa shape index (κ2) is 8.39. The van der Waals surface area contributed by atoms with Gasteiger partial charge >= 0.3 is 0 Å². The molecule has 4 nitrogen and oxygen atoms in total. The number of hydrogen-bond donors (Lipinski definition) is 1. The van der Waals surface area contributed by atoms with Crippen LogP contribution in [0.2, 0.25) is 0 Å². The first-order valence-corrected chi connectivity index (χ1v) is 8.11. The molecule has 1 aromatic carbocycles. The first kappa shape index (κ1) is 18.0. The third kappa shape index (κ3) is 6.48. The number of carbonyl (C=O) groups excluding carboxylic acids is 1. The van der Waals surface area contributed by atoms with Crippen molar-refractivity contribution in [1.82, 2.24) is 4.90 Å². The third-order valence-corrected chi connectivity index (χ3v) is 3.58. The van der Waals surface area contributed by atoms with Crippen LogP contribution in [0.15, 0.2) is 24.3 Å². The van der Waals surface area contributed by atoms with Crippen molar-refractivity contribution in [1.29, 1.82) is 0 Å². The maximum Gasteiger partial charge on any atom is 0.240 e. The summed E-state index contributed by atoms with van der Waals surface area (Å²) in [4.78, 5) is 14.1. The van der Waals surface area contributed by atoms with E-state index in [0.29, 0.717) is 6.61 Å². The Kier molecular flexibility index (Phi) is 7.18. The van der Waals surface area contributed by atoms with Crippen LogP contribution in [0, 0.1) is 0 Å². The van der Waals surface area contributed by atoms with Crippen molar-refractivity contribution in [3.63, 3.8) is 0 Å². The van der Waals surface area contributed by atoms with Gasteiger partial charge in [0.2, 0.25) is 5.91 Å². The fourth-order valence-corrected chi connectivity index (χ4v) is 1.85. The first-order valence-electron chi connectivity index (χ1n) is 7.32. The number of amides is 1. The van der Waals surface area contributed by atoms with Gasteiger partial charge in [-0.05, 0) is 51.2 Å². The van der Waals surface area contributed by atoms with E-state index in [1.54, 1.807) is 0 Å². The number of rotatable bonds is 8. The zero-order valence-electron chi connectivity index (χ0n) is 13.3. The van der Waals surface area contributed by atoms with Crippen LogP contribution >= 0.6 is 15.9 Å². The third-order valence-electron chi connectivity index (χ3n) is 3.22. The van der Waals surface area contributed by atoms with Gasteiger partial charge in [-0.15, -0.1) is 0 Å². The monoisotopic (exact) mass is 356 g/mol. The Hall–Kier alpha value is -1.07. The number of carbonyl (C=O) groups is 1. The summed E-state index contributed by atoms with van der Waals surface area (Å²) in [6.07, 6.45) is 0. The quantitative estimate of drug-likeness (QED) is 0.724. The molecule has 0 radical (unpaired) electrons. The highest BCUT2D eigenvalue weighted by Gasteiger charge is 2.23. The highest BCUT2D eigenvalue weighted by molar-refractivity contribution is 9.10. The molecule has 0 aliphatic carbocycles. The van der Waals surface area contributed by atoms with Crippen molar-refractivity contribution in [2.24, 2.45) is 0 Å². The Morgan fingerprint density at radius 3 is 2.29 bits per heavy atom. The highest BCUT2D eigenvalue weighted by atomic mass is 79.9. The predicted octanol–water partition coefficient (Wildman–Crippen LogP) is 3.52. The average molecular weight is 357 g/mol. The zero-order valence-corrected chi connectivity index (χ0v) is 14.9. The molecular weight excluding hydrogens is 332 g/mol. The molecule has 0 bridgehead atoms. The normalized spacial score (nSPS) is 11.5. The molecule has 21 heavy (non-hydrogen) atoms. The van der Waals surface area contributed by atoms with E-state index in [0.717, 1.165) is 31.1 Å².